The van der Waals surface area contributed by atoms with Gasteiger partial charge in [0.05, 0.1) is 10.9 Å². The van der Waals surface area contributed by atoms with Crippen LogP contribution in [0.25, 0.3) is 0 Å². The molecule has 27 heavy (non-hydrogen) atoms. The molecule has 0 aromatic carbocycles. The Bertz CT molecular complexity index is 737. The average Bonchev–Trinajstić information content (AvgIpc) is 2.93. The Labute approximate surface area is 166 Å². The number of alkyl halides is 2. The molecule has 0 aliphatic carbocycles. The number of carbonyl (C=O) groups excluding carboxylic acids is 1. The second-order valence-corrected chi connectivity index (χ2v) is 9.96. The lowest BCUT2D eigenvalue weighted by Crippen LogP contribution is -2.56. The first-order valence-corrected chi connectivity index (χ1v) is 10.0. The third kappa shape index (κ3) is 3.69. The van der Waals surface area contributed by atoms with Crippen LogP contribution in [0.4, 0.5) is 13.6 Å². The standard InChI is InChI=1S/C18H24ClF2NO4S/c1-10-8-17(5-6-22(10)15(23)26-16(2,3)4)13-11(7-12(19)27-13)18(24,9-25-17)14(20)21/h7,10,14,24H,5-6,8-9H2,1-4H3/t10-,17+,18?/m0/s1. The number of likely N-dealkylation sites (tertiary alicyclic amines) is 1. The van der Waals surface area contributed by atoms with Crippen LogP contribution in [0.2, 0.25) is 4.34 Å². The number of fused-ring (bicyclic) bond motifs is 2. The highest BCUT2D eigenvalue weighted by atomic mass is 35.5. The Morgan fingerprint density at radius 1 is 1.52 bits per heavy atom. The number of ether oxygens (including phenoxy) is 2. The van der Waals surface area contributed by atoms with Crippen molar-refractivity contribution in [3.05, 3.63) is 20.8 Å². The third-order valence-corrected chi connectivity index (χ3v) is 6.50. The van der Waals surface area contributed by atoms with E-state index in [-0.39, 0.29) is 11.6 Å². The Balaban J connectivity index is 1.87. The Morgan fingerprint density at radius 2 is 2.19 bits per heavy atom. The van der Waals surface area contributed by atoms with E-state index in [0.29, 0.717) is 28.6 Å². The molecule has 1 N–H and O–H groups in total. The van der Waals surface area contributed by atoms with Gasteiger partial charge in [-0.2, -0.15) is 0 Å². The summed E-state index contributed by atoms with van der Waals surface area (Å²) in [5.74, 6) is 0. The smallest absolute Gasteiger partial charge is 0.410 e. The van der Waals surface area contributed by atoms with Gasteiger partial charge in [0.25, 0.3) is 6.43 Å². The molecule has 152 valence electrons. The lowest BCUT2D eigenvalue weighted by Gasteiger charge is -2.49. The van der Waals surface area contributed by atoms with Gasteiger partial charge in [-0.25, -0.2) is 13.6 Å². The largest absolute Gasteiger partial charge is 0.444 e. The van der Waals surface area contributed by atoms with Gasteiger partial charge in [0.15, 0.2) is 5.60 Å². The molecule has 0 saturated carbocycles. The van der Waals surface area contributed by atoms with Crippen LogP contribution in [-0.4, -0.2) is 47.3 Å². The molecule has 1 aromatic heterocycles. The van der Waals surface area contributed by atoms with Gasteiger partial charge in [0, 0.05) is 29.4 Å². The second kappa shape index (κ2) is 6.83. The predicted octanol–water partition coefficient (Wildman–Crippen LogP) is 4.50. The van der Waals surface area contributed by atoms with E-state index in [1.54, 1.807) is 25.7 Å². The van der Waals surface area contributed by atoms with Crippen LogP contribution in [0.5, 0.6) is 0 Å². The van der Waals surface area contributed by atoms with E-state index >= 15 is 0 Å². The minimum atomic E-state index is -2.99. The lowest BCUT2D eigenvalue weighted by atomic mass is 9.78. The number of rotatable bonds is 1. The Kier molecular flexibility index (Phi) is 5.25. The lowest BCUT2D eigenvalue weighted by molar-refractivity contribution is -0.209. The zero-order valence-electron chi connectivity index (χ0n) is 15.7. The number of amides is 1. The van der Waals surface area contributed by atoms with Gasteiger partial charge in [-0.15, -0.1) is 11.3 Å². The zero-order chi connectivity index (χ0) is 20.2. The summed E-state index contributed by atoms with van der Waals surface area (Å²) < 4.78 is 38.7. The summed E-state index contributed by atoms with van der Waals surface area (Å²) in [6.45, 7) is 7.13. The molecule has 1 aromatic rings. The molecule has 1 fully saturated rings. The highest BCUT2D eigenvalue weighted by Gasteiger charge is 2.55. The van der Waals surface area contributed by atoms with E-state index in [2.05, 4.69) is 0 Å². The molecule has 1 spiro atoms. The van der Waals surface area contributed by atoms with E-state index in [9.17, 15) is 18.7 Å². The van der Waals surface area contributed by atoms with Crippen molar-refractivity contribution in [2.24, 2.45) is 0 Å². The van der Waals surface area contributed by atoms with Crippen molar-refractivity contribution < 1.29 is 28.2 Å². The minimum absolute atomic E-state index is 0.136. The zero-order valence-corrected chi connectivity index (χ0v) is 17.3. The first-order valence-electron chi connectivity index (χ1n) is 8.82. The van der Waals surface area contributed by atoms with Crippen LogP contribution >= 0.6 is 22.9 Å². The Morgan fingerprint density at radius 3 is 2.74 bits per heavy atom. The molecule has 1 saturated heterocycles. The van der Waals surface area contributed by atoms with Gasteiger partial charge in [-0.3, -0.25) is 0 Å². The summed E-state index contributed by atoms with van der Waals surface area (Å²) >= 11 is 7.25. The number of hydrogen-bond donors (Lipinski definition) is 1. The molecule has 2 aliphatic heterocycles. The predicted molar refractivity (Wildman–Crippen MR) is 98.5 cm³/mol. The highest BCUT2D eigenvalue weighted by Crippen LogP contribution is 2.53. The molecule has 2 aliphatic rings. The van der Waals surface area contributed by atoms with Crippen molar-refractivity contribution >= 4 is 29.0 Å². The van der Waals surface area contributed by atoms with Gasteiger partial charge >= 0.3 is 6.09 Å². The highest BCUT2D eigenvalue weighted by molar-refractivity contribution is 7.16. The van der Waals surface area contributed by atoms with Crippen LogP contribution in [0, 0.1) is 0 Å². The van der Waals surface area contributed by atoms with Gasteiger partial charge in [0.1, 0.15) is 11.2 Å². The van der Waals surface area contributed by atoms with E-state index in [0.717, 1.165) is 11.3 Å². The molecule has 1 amide bonds. The van der Waals surface area contributed by atoms with Crippen LogP contribution in [0.15, 0.2) is 6.07 Å². The molecule has 1 unspecified atom stereocenters. The second-order valence-electron chi connectivity index (χ2n) is 8.28. The number of thiophene rings is 1. The van der Waals surface area contributed by atoms with Crippen LogP contribution in [0.1, 0.15) is 51.0 Å². The monoisotopic (exact) mass is 423 g/mol. The van der Waals surface area contributed by atoms with Crippen LogP contribution < -0.4 is 0 Å². The quantitative estimate of drug-likeness (QED) is 0.722. The number of halogens is 3. The average molecular weight is 424 g/mol. The summed E-state index contributed by atoms with van der Waals surface area (Å²) in [6.07, 6.45) is -2.57. The molecule has 0 radical (unpaired) electrons. The number of hydrogen-bond acceptors (Lipinski definition) is 5. The first-order chi connectivity index (χ1) is 12.4. The normalized spacial score (nSPS) is 31.3. The summed E-state index contributed by atoms with van der Waals surface area (Å²) in [6, 6.07) is 1.18. The summed E-state index contributed by atoms with van der Waals surface area (Å²) in [7, 11) is 0. The van der Waals surface area contributed by atoms with E-state index in [1.807, 2.05) is 6.92 Å². The molecular formula is C18H24ClF2NO4S. The molecule has 3 atom stereocenters. The van der Waals surface area contributed by atoms with E-state index in [4.69, 9.17) is 21.1 Å². The van der Waals surface area contributed by atoms with E-state index < -0.39 is 35.9 Å². The van der Waals surface area contributed by atoms with Gasteiger partial charge in [-0.05, 0) is 40.2 Å². The fourth-order valence-electron chi connectivity index (χ4n) is 3.73. The molecular weight excluding hydrogens is 400 g/mol. The SMILES string of the molecule is C[C@H]1C[C@@]2(CCN1C(=O)OC(C)(C)C)OCC(O)(C(F)F)c1cc(Cl)sc12. The van der Waals surface area contributed by atoms with Crippen LogP contribution in [0.3, 0.4) is 0 Å². The fraction of sp³-hybridized carbons (Fsp3) is 0.722. The molecule has 5 nitrogen and oxygen atoms in total. The van der Waals surface area contributed by atoms with Crippen molar-refractivity contribution in [2.45, 2.75) is 69.8 Å². The van der Waals surface area contributed by atoms with Gasteiger partial charge in [0.2, 0.25) is 0 Å². The molecule has 3 rings (SSSR count). The minimum Gasteiger partial charge on any atom is -0.444 e. The van der Waals surface area contributed by atoms with Gasteiger partial charge in [-0.1, -0.05) is 11.6 Å². The van der Waals surface area contributed by atoms with Gasteiger partial charge < -0.3 is 19.5 Å². The summed E-state index contributed by atoms with van der Waals surface area (Å²) in [5.41, 5.74) is -3.67. The van der Waals surface area contributed by atoms with Crippen molar-refractivity contribution in [1.82, 2.24) is 4.90 Å². The van der Waals surface area contributed by atoms with Crippen molar-refractivity contribution in [3.63, 3.8) is 0 Å². The van der Waals surface area contributed by atoms with E-state index in [1.165, 1.54) is 6.07 Å². The summed E-state index contributed by atoms with van der Waals surface area (Å²) in [5, 5.41) is 10.5. The number of nitrogens with zero attached hydrogens (tertiary/aromatic N) is 1. The molecule has 3 heterocycles. The topological polar surface area (TPSA) is 59.0 Å². The number of piperidine rings is 1. The molecule has 9 heteroatoms. The third-order valence-electron chi connectivity index (χ3n) is 5.05. The van der Waals surface area contributed by atoms with Crippen molar-refractivity contribution in [2.75, 3.05) is 13.2 Å². The Hall–Kier alpha value is -0.960. The number of aliphatic hydroxyl groups is 1. The maximum Gasteiger partial charge on any atom is 0.410 e. The van der Waals surface area contributed by atoms with Crippen molar-refractivity contribution in [3.8, 4) is 0 Å². The van der Waals surface area contributed by atoms with Crippen molar-refractivity contribution in [1.29, 1.82) is 0 Å². The maximum atomic E-state index is 13.5. The fourth-order valence-corrected chi connectivity index (χ4v) is 5.22. The maximum absolute atomic E-state index is 13.5. The first kappa shape index (κ1) is 20.8. The summed E-state index contributed by atoms with van der Waals surface area (Å²) in [4.78, 5) is 14.6. The van der Waals surface area contributed by atoms with Crippen LogP contribution in [-0.2, 0) is 20.7 Å². The molecule has 0 bridgehead atoms. The number of carbonyl (C=O) groups is 1.